The van der Waals surface area contributed by atoms with Gasteiger partial charge in [-0.15, -0.1) is 11.3 Å². The number of rotatable bonds is 9. The summed E-state index contributed by atoms with van der Waals surface area (Å²) in [6.07, 6.45) is 2.03. The number of benzene rings is 3. The fourth-order valence-electron chi connectivity index (χ4n) is 3.49. The zero-order valence-corrected chi connectivity index (χ0v) is 18.5. The molecule has 0 bridgehead atoms. The van der Waals surface area contributed by atoms with Gasteiger partial charge in [0.25, 0.3) is 5.91 Å². The number of hydrogen-bond acceptors (Lipinski definition) is 4. The third-order valence-corrected chi connectivity index (χ3v) is 6.24. The van der Waals surface area contributed by atoms with E-state index in [0.29, 0.717) is 18.5 Å². The predicted molar refractivity (Wildman–Crippen MR) is 129 cm³/mol. The summed E-state index contributed by atoms with van der Waals surface area (Å²) in [5.41, 5.74) is 2.55. The molecule has 2 amide bonds. The molecule has 1 unspecified atom stereocenters. The summed E-state index contributed by atoms with van der Waals surface area (Å²) in [5, 5.41) is 6.95. The van der Waals surface area contributed by atoms with E-state index in [9.17, 15) is 9.59 Å². The molecule has 0 aliphatic carbocycles. The predicted octanol–water partition coefficient (Wildman–Crippen LogP) is 4.39. The Morgan fingerprint density at radius 1 is 0.875 bits per heavy atom. The summed E-state index contributed by atoms with van der Waals surface area (Å²) >= 11 is 1.69. The van der Waals surface area contributed by atoms with Gasteiger partial charge in [0.2, 0.25) is 5.91 Å². The van der Waals surface area contributed by atoms with Crippen molar-refractivity contribution in [2.45, 2.75) is 25.3 Å². The highest BCUT2D eigenvalue weighted by Crippen LogP contribution is 2.22. The van der Waals surface area contributed by atoms with Crippen LogP contribution in [-0.2, 0) is 17.6 Å². The minimum atomic E-state index is -0.646. The zero-order chi connectivity index (χ0) is 22.2. The number of carbonyl (C=O) groups excluding carboxylic acids is 2. The fourth-order valence-corrected chi connectivity index (χ4v) is 4.50. The highest BCUT2D eigenvalue weighted by Gasteiger charge is 2.21. The van der Waals surface area contributed by atoms with E-state index < -0.39 is 6.04 Å². The third-order valence-electron chi connectivity index (χ3n) is 5.15. The lowest BCUT2D eigenvalue weighted by atomic mass is 10.0. The summed E-state index contributed by atoms with van der Waals surface area (Å²) in [6, 6.07) is 26.1. The lowest BCUT2D eigenvalue weighted by Crippen LogP contribution is -2.48. The number of carbonyl (C=O) groups is 2. The van der Waals surface area contributed by atoms with Crippen molar-refractivity contribution < 1.29 is 9.59 Å². The first kappa shape index (κ1) is 21.7. The molecule has 0 saturated carbocycles. The van der Waals surface area contributed by atoms with Gasteiger partial charge in [0.05, 0.1) is 15.2 Å². The maximum atomic E-state index is 12.9. The molecule has 162 valence electrons. The molecule has 0 radical (unpaired) electrons. The maximum Gasteiger partial charge on any atom is 0.251 e. The second-order valence-electron chi connectivity index (χ2n) is 7.55. The van der Waals surface area contributed by atoms with Crippen molar-refractivity contribution in [3.8, 4) is 0 Å². The fraction of sp³-hybridized carbons (Fsp3) is 0.192. The number of aromatic nitrogens is 1. The average Bonchev–Trinajstić information content (AvgIpc) is 3.25. The molecule has 4 rings (SSSR count). The van der Waals surface area contributed by atoms with Crippen LogP contribution in [-0.4, -0.2) is 29.4 Å². The molecule has 1 heterocycles. The van der Waals surface area contributed by atoms with Crippen LogP contribution in [0, 0.1) is 0 Å². The van der Waals surface area contributed by atoms with Crippen LogP contribution >= 0.6 is 11.3 Å². The van der Waals surface area contributed by atoms with Crippen LogP contribution in [0.2, 0.25) is 0 Å². The van der Waals surface area contributed by atoms with Crippen molar-refractivity contribution in [3.05, 3.63) is 101 Å². The molecule has 1 atom stereocenters. The van der Waals surface area contributed by atoms with E-state index in [1.807, 2.05) is 66.7 Å². The SMILES string of the molecule is O=C(NC(Cc1ccccc1)C(=O)NCCCc1nc2ccccc2s1)c1ccccc1. The monoisotopic (exact) mass is 443 g/mol. The van der Waals surface area contributed by atoms with E-state index in [0.717, 1.165) is 28.9 Å². The number of hydrogen-bond donors (Lipinski definition) is 2. The summed E-state index contributed by atoms with van der Waals surface area (Å²) in [7, 11) is 0. The Hall–Kier alpha value is -3.51. The molecular formula is C26H25N3O2S. The number of nitrogens with zero attached hydrogens (tertiary/aromatic N) is 1. The quantitative estimate of drug-likeness (QED) is 0.377. The molecular weight excluding hydrogens is 418 g/mol. The highest BCUT2D eigenvalue weighted by atomic mass is 32.1. The van der Waals surface area contributed by atoms with Crippen LogP contribution in [0.1, 0.15) is 27.3 Å². The second kappa shape index (κ2) is 10.7. The van der Waals surface area contributed by atoms with Crippen molar-refractivity contribution in [2.75, 3.05) is 6.54 Å². The van der Waals surface area contributed by atoms with Gasteiger partial charge in [0.1, 0.15) is 6.04 Å². The van der Waals surface area contributed by atoms with Gasteiger partial charge in [-0.1, -0.05) is 60.7 Å². The molecule has 1 aromatic heterocycles. The van der Waals surface area contributed by atoms with Crippen molar-refractivity contribution >= 4 is 33.4 Å². The summed E-state index contributed by atoms with van der Waals surface area (Å²) in [6.45, 7) is 0.529. The topological polar surface area (TPSA) is 71.1 Å². The number of fused-ring (bicyclic) bond motifs is 1. The van der Waals surface area contributed by atoms with Gasteiger partial charge in [-0.3, -0.25) is 9.59 Å². The first-order valence-electron chi connectivity index (χ1n) is 10.7. The number of para-hydroxylation sites is 1. The van der Waals surface area contributed by atoms with E-state index in [1.54, 1.807) is 23.5 Å². The zero-order valence-electron chi connectivity index (χ0n) is 17.7. The normalized spacial score (nSPS) is 11.8. The molecule has 0 aliphatic heterocycles. The molecule has 5 nitrogen and oxygen atoms in total. The summed E-state index contributed by atoms with van der Waals surface area (Å²) in [5.74, 6) is -0.432. The van der Waals surface area contributed by atoms with E-state index in [2.05, 4.69) is 21.7 Å². The van der Waals surface area contributed by atoms with Crippen LogP contribution in [0.4, 0.5) is 0 Å². The Balaban J connectivity index is 1.34. The van der Waals surface area contributed by atoms with E-state index in [1.165, 1.54) is 4.70 Å². The maximum absolute atomic E-state index is 12.9. The lowest BCUT2D eigenvalue weighted by molar-refractivity contribution is -0.122. The Kier molecular flexibility index (Phi) is 7.25. The van der Waals surface area contributed by atoms with Crippen molar-refractivity contribution in [3.63, 3.8) is 0 Å². The van der Waals surface area contributed by atoms with Gasteiger partial charge < -0.3 is 10.6 Å². The standard InChI is InChI=1S/C26H25N3O2S/c30-25(20-12-5-2-6-13-20)29-22(18-19-10-3-1-4-11-19)26(31)27-17-9-16-24-28-21-14-7-8-15-23(21)32-24/h1-8,10-15,22H,9,16-18H2,(H,27,31)(H,29,30). The number of thiazole rings is 1. The van der Waals surface area contributed by atoms with Crippen molar-refractivity contribution in [1.29, 1.82) is 0 Å². The van der Waals surface area contributed by atoms with Crippen LogP contribution in [0.15, 0.2) is 84.9 Å². The molecule has 0 spiro atoms. The average molecular weight is 444 g/mol. The first-order chi connectivity index (χ1) is 15.7. The molecule has 3 aromatic carbocycles. The Morgan fingerprint density at radius 3 is 2.31 bits per heavy atom. The Labute approximate surface area is 191 Å². The molecule has 0 fully saturated rings. The van der Waals surface area contributed by atoms with Crippen LogP contribution in [0.5, 0.6) is 0 Å². The van der Waals surface area contributed by atoms with E-state index >= 15 is 0 Å². The summed E-state index contributed by atoms with van der Waals surface area (Å²) in [4.78, 5) is 30.2. The molecule has 32 heavy (non-hydrogen) atoms. The number of amides is 2. The van der Waals surface area contributed by atoms with Crippen molar-refractivity contribution in [1.82, 2.24) is 15.6 Å². The molecule has 4 aromatic rings. The van der Waals surface area contributed by atoms with Crippen molar-refractivity contribution in [2.24, 2.45) is 0 Å². The van der Waals surface area contributed by atoms with Gasteiger partial charge in [-0.2, -0.15) is 0 Å². The molecule has 2 N–H and O–H groups in total. The smallest absolute Gasteiger partial charge is 0.251 e. The van der Waals surface area contributed by atoms with Gasteiger partial charge in [0, 0.05) is 24.9 Å². The highest BCUT2D eigenvalue weighted by molar-refractivity contribution is 7.18. The largest absolute Gasteiger partial charge is 0.354 e. The minimum Gasteiger partial charge on any atom is -0.354 e. The van der Waals surface area contributed by atoms with Gasteiger partial charge in [-0.05, 0) is 36.2 Å². The van der Waals surface area contributed by atoms with Crippen LogP contribution in [0.3, 0.4) is 0 Å². The number of aryl methyl sites for hydroxylation is 1. The minimum absolute atomic E-state index is 0.178. The van der Waals surface area contributed by atoms with E-state index in [4.69, 9.17) is 0 Å². The molecule has 0 aliphatic rings. The van der Waals surface area contributed by atoms with E-state index in [-0.39, 0.29) is 11.8 Å². The second-order valence-corrected chi connectivity index (χ2v) is 8.67. The van der Waals surface area contributed by atoms with Gasteiger partial charge in [0.15, 0.2) is 0 Å². The molecule has 6 heteroatoms. The molecule has 0 saturated heterocycles. The van der Waals surface area contributed by atoms with Crippen LogP contribution < -0.4 is 10.6 Å². The lowest BCUT2D eigenvalue weighted by Gasteiger charge is -2.19. The summed E-state index contributed by atoms with van der Waals surface area (Å²) < 4.78 is 1.18. The van der Waals surface area contributed by atoms with Crippen LogP contribution in [0.25, 0.3) is 10.2 Å². The van der Waals surface area contributed by atoms with Gasteiger partial charge in [-0.25, -0.2) is 4.98 Å². The third kappa shape index (κ3) is 5.80. The Bertz CT molecular complexity index is 1140. The first-order valence-corrected chi connectivity index (χ1v) is 11.5. The Morgan fingerprint density at radius 2 is 1.56 bits per heavy atom. The number of nitrogens with one attached hydrogen (secondary N) is 2. The van der Waals surface area contributed by atoms with Gasteiger partial charge >= 0.3 is 0 Å².